The van der Waals surface area contributed by atoms with Gasteiger partial charge in [0, 0.05) is 10.9 Å². The van der Waals surface area contributed by atoms with E-state index in [1.807, 2.05) is 31.2 Å². The van der Waals surface area contributed by atoms with Gasteiger partial charge in [0.1, 0.15) is 6.10 Å². The van der Waals surface area contributed by atoms with Gasteiger partial charge in [0.05, 0.1) is 24.6 Å². The Kier molecular flexibility index (Phi) is 5.33. The van der Waals surface area contributed by atoms with Crippen molar-refractivity contribution < 1.29 is 15.0 Å². The third kappa shape index (κ3) is 3.82. The summed E-state index contributed by atoms with van der Waals surface area (Å²) in [6, 6.07) is 7.35. The van der Waals surface area contributed by atoms with Crippen LogP contribution in [0.3, 0.4) is 0 Å². The number of rotatable bonds is 3. The fourth-order valence-electron chi connectivity index (χ4n) is 3.14. The molecule has 0 bridgehead atoms. The summed E-state index contributed by atoms with van der Waals surface area (Å²) in [5.74, 6) is 1.71. The van der Waals surface area contributed by atoms with Gasteiger partial charge in [0.25, 0.3) is 0 Å². The van der Waals surface area contributed by atoms with Crippen LogP contribution in [0.4, 0.5) is 5.69 Å². The van der Waals surface area contributed by atoms with Gasteiger partial charge in [-0.2, -0.15) is 0 Å². The first-order valence-electron chi connectivity index (χ1n) is 8.15. The Morgan fingerprint density at radius 2 is 2.12 bits per heavy atom. The maximum Gasteiger partial charge on any atom is 0.225 e. The number of benzene rings is 1. The molecule has 1 heterocycles. The lowest BCUT2D eigenvalue weighted by Gasteiger charge is -2.37. The van der Waals surface area contributed by atoms with E-state index in [0.29, 0.717) is 5.17 Å². The monoisotopic (exact) mass is 359 g/mol. The van der Waals surface area contributed by atoms with Crippen molar-refractivity contribution in [3.8, 4) is 12.3 Å². The number of hydrogen-bond acceptors (Lipinski definition) is 6. The van der Waals surface area contributed by atoms with Gasteiger partial charge in [0.2, 0.25) is 5.91 Å². The van der Waals surface area contributed by atoms with E-state index in [-0.39, 0.29) is 24.1 Å². The van der Waals surface area contributed by atoms with Crippen molar-refractivity contribution in [2.75, 3.05) is 11.9 Å². The average molecular weight is 359 g/mol. The lowest BCUT2D eigenvalue weighted by molar-refractivity contribution is -0.129. The molecule has 2 aliphatic rings. The number of aliphatic hydroxyl groups is 2. The number of nitrogens with zero attached hydrogens (tertiary/aromatic N) is 1. The van der Waals surface area contributed by atoms with Gasteiger partial charge in [0.15, 0.2) is 5.17 Å². The molecule has 0 saturated heterocycles. The van der Waals surface area contributed by atoms with Crippen LogP contribution >= 0.6 is 11.8 Å². The SMILES string of the molecule is C#CCNC(=O)[C@H]1C[C@@H](O)[C@H](O)[C@@H]2N=C(Nc3ccc(C)cc3)S[C@@H]21. The topological polar surface area (TPSA) is 94.0 Å². The van der Waals surface area contributed by atoms with Crippen LogP contribution in [0.2, 0.25) is 0 Å². The number of carbonyl (C=O) groups excluding carboxylic acids is 1. The van der Waals surface area contributed by atoms with Gasteiger partial charge in [-0.3, -0.25) is 9.79 Å². The van der Waals surface area contributed by atoms with E-state index in [1.165, 1.54) is 11.8 Å². The van der Waals surface area contributed by atoms with Gasteiger partial charge in [-0.1, -0.05) is 35.4 Å². The predicted molar refractivity (Wildman–Crippen MR) is 99.4 cm³/mol. The number of hydrogen-bond donors (Lipinski definition) is 4. The van der Waals surface area contributed by atoms with Crippen molar-refractivity contribution in [1.29, 1.82) is 0 Å². The third-order valence-electron chi connectivity index (χ3n) is 4.49. The molecule has 4 N–H and O–H groups in total. The van der Waals surface area contributed by atoms with Crippen LogP contribution in [0.25, 0.3) is 0 Å². The summed E-state index contributed by atoms with van der Waals surface area (Å²) < 4.78 is 0. The number of nitrogens with one attached hydrogen (secondary N) is 2. The molecule has 25 heavy (non-hydrogen) atoms. The number of thioether (sulfide) groups is 1. The number of aliphatic hydroxyl groups excluding tert-OH is 2. The van der Waals surface area contributed by atoms with E-state index >= 15 is 0 Å². The fraction of sp³-hybridized carbons (Fsp3) is 0.444. The summed E-state index contributed by atoms with van der Waals surface area (Å²) in [5, 5.41) is 26.7. The summed E-state index contributed by atoms with van der Waals surface area (Å²) in [6.45, 7) is 2.16. The number of aliphatic imine (C=N–C) groups is 1. The smallest absolute Gasteiger partial charge is 0.225 e. The first kappa shape index (κ1) is 17.8. The molecule has 0 radical (unpaired) electrons. The molecule has 0 unspecified atom stereocenters. The van der Waals surface area contributed by atoms with E-state index in [2.05, 4.69) is 21.5 Å². The summed E-state index contributed by atoms with van der Waals surface area (Å²) >= 11 is 1.42. The van der Waals surface area contributed by atoms with E-state index in [0.717, 1.165) is 11.3 Å². The standard InChI is InChI=1S/C18H21N3O3S/c1-3-8-19-17(24)12-9-13(22)15(23)14-16(12)25-18(21-14)20-11-6-4-10(2)5-7-11/h1,4-7,12-16,22-23H,8-9H2,2H3,(H,19,24)(H,20,21)/t12-,13+,14-,15-,16+/m0/s1. The summed E-state index contributed by atoms with van der Waals surface area (Å²) in [7, 11) is 0. The first-order chi connectivity index (χ1) is 12.0. The Hall–Kier alpha value is -2.01. The summed E-state index contributed by atoms with van der Waals surface area (Å²) in [4.78, 5) is 16.9. The van der Waals surface area contributed by atoms with Crippen molar-refractivity contribution in [3.63, 3.8) is 0 Å². The molecule has 7 heteroatoms. The number of fused-ring (bicyclic) bond motifs is 1. The molecule has 132 valence electrons. The highest BCUT2D eigenvalue weighted by atomic mass is 32.2. The van der Waals surface area contributed by atoms with Gasteiger partial charge >= 0.3 is 0 Å². The highest BCUT2D eigenvalue weighted by molar-refractivity contribution is 8.15. The highest BCUT2D eigenvalue weighted by Gasteiger charge is 2.50. The van der Waals surface area contributed by atoms with E-state index in [9.17, 15) is 15.0 Å². The van der Waals surface area contributed by atoms with Gasteiger partial charge in [-0.25, -0.2) is 0 Å². The minimum atomic E-state index is -0.981. The molecule has 1 fully saturated rings. The normalized spacial score (nSPS) is 30.8. The molecule has 1 amide bonds. The van der Waals surface area contributed by atoms with Crippen LogP contribution < -0.4 is 10.6 Å². The molecule has 0 aromatic heterocycles. The molecule has 5 atom stereocenters. The Balaban J connectivity index is 1.75. The molecular weight excluding hydrogens is 338 g/mol. The van der Waals surface area contributed by atoms with Crippen LogP contribution in [-0.4, -0.2) is 51.3 Å². The van der Waals surface area contributed by atoms with Crippen molar-refractivity contribution in [3.05, 3.63) is 29.8 Å². The zero-order chi connectivity index (χ0) is 18.0. The lowest BCUT2D eigenvalue weighted by atomic mass is 9.81. The van der Waals surface area contributed by atoms with Crippen molar-refractivity contribution in [2.45, 2.75) is 36.8 Å². The quantitative estimate of drug-likeness (QED) is 0.597. The van der Waals surface area contributed by atoms with Crippen LogP contribution in [0.1, 0.15) is 12.0 Å². The van der Waals surface area contributed by atoms with Crippen molar-refractivity contribution >= 4 is 28.5 Å². The van der Waals surface area contributed by atoms with Crippen LogP contribution in [0.5, 0.6) is 0 Å². The van der Waals surface area contributed by atoms with Crippen molar-refractivity contribution in [2.24, 2.45) is 10.9 Å². The molecule has 1 aromatic carbocycles. The number of carbonyl (C=O) groups is 1. The van der Waals surface area contributed by atoms with Gasteiger partial charge in [-0.05, 0) is 25.5 Å². The fourth-order valence-corrected chi connectivity index (χ4v) is 4.52. The molecular formula is C18H21N3O3S. The number of amidine groups is 1. The van der Waals surface area contributed by atoms with Crippen LogP contribution in [0.15, 0.2) is 29.3 Å². The zero-order valence-electron chi connectivity index (χ0n) is 13.8. The number of anilines is 1. The molecule has 0 spiro atoms. The minimum Gasteiger partial charge on any atom is -0.390 e. The summed E-state index contributed by atoms with van der Waals surface area (Å²) in [5.41, 5.74) is 2.04. The molecule has 1 aliphatic heterocycles. The van der Waals surface area contributed by atoms with E-state index in [1.54, 1.807) is 0 Å². The third-order valence-corrected chi connectivity index (χ3v) is 5.80. The second-order valence-corrected chi connectivity index (χ2v) is 7.49. The average Bonchev–Trinajstić information content (AvgIpc) is 3.02. The lowest BCUT2D eigenvalue weighted by Crippen LogP contribution is -2.54. The Morgan fingerprint density at radius 1 is 1.40 bits per heavy atom. The second-order valence-electron chi connectivity index (χ2n) is 6.32. The highest BCUT2D eigenvalue weighted by Crippen LogP contribution is 2.41. The summed E-state index contributed by atoms with van der Waals surface area (Å²) in [6.07, 6.45) is 3.42. The Morgan fingerprint density at radius 3 is 2.80 bits per heavy atom. The van der Waals surface area contributed by atoms with E-state index in [4.69, 9.17) is 6.42 Å². The minimum absolute atomic E-state index is 0.144. The predicted octanol–water partition coefficient (Wildman–Crippen LogP) is 0.738. The van der Waals surface area contributed by atoms with E-state index < -0.39 is 24.2 Å². The maximum absolute atomic E-state index is 12.4. The number of terminal acetylenes is 1. The van der Waals surface area contributed by atoms with Gasteiger partial charge in [-0.15, -0.1) is 6.42 Å². The zero-order valence-corrected chi connectivity index (χ0v) is 14.7. The maximum atomic E-state index is 12.4. The van der Waals surface area contributed by atoms with Crippen molar-refractivity contribution in [1.82, 2.24) is 5.32 Å². The largest absolute Gasteiger partial charge is 0.390 e. The van der Waals surface area contributed by atoms with Gasteiger partial charge < -0.3 is 20.8 Å². The molecule has 1 aromatic rings. The Bertz CT molecular complexity index is 713. The first-order valence-corrected chi connectivity index (χ1v) is 9.03. The number of amides is 1. The van der Waals surface area contributed by atoms with Crippen LogP contribution in [-0.2, 0) is 4.79 Å². The molecule has 6 nitrogen and oxygen atoms in total. The molecule has 1 saturated carbocycles. The molecule has 1 aliphatic carbocycles. The number of aryl methyl sites for hydroxylation is 1. The Labute approximate surface area is 151 Å². The second kappa shape index (κ2) is 7.48. The van der Waals surface area contributed by atoms with Crippen LogP contribution in [0, 0.1) is 25.2 Å². The molecule has 3 rings (SSSR count).